The van der Waals surface area contributed by atoms with Crippen LogP contribution in [0.15, 0.2) is 18.2 Å². The Morgan fingerprint density at radius 1 is 1.46 bits per heavy atom. The molecular weight excluding hydrogens is 193 g/mol. The molecule has 0 aromatic heterocycles. The van der Waals surface area contributed by atoms with Gasteiger partial charge in [-0.1, -0.05) is 11.6 Å². The summed E-state index contributed by atoms with van der Waals surface area (Å²) in [4.78, 5) is 0. The smallest absolute Gasteiger partial charge is 0.125 e. The van der Waals surface area contributed by atoms with Gasteiger partial charge in [-0.3, -0.25) is 0 Å². The van der Waals surface area contributed by atoms with E-state index >= 15 is 0 Å². The van der Waals surface area contributed by atoms with Crippen LogP contribution >= 0.6 is 11.6 Å². The van der Waals surface area contributed by atoms with Gasteiger partial charge in [0.2, 0.25) is 0 Å². The maximum Gasteiger partial charge on any atom is 0.125 e. The molecule has 0 amide bonds. The normalized spacial score (nSPS) is 15.5. The van der Waals surface area contributed by atoms with E-state index in [1.165, 1.54) is 18.2 Å². The van der Waals surface area contributed by atoms with Crippen LogP contribution in [0.1, 0.15) is 18.6 Å². The quantitative estimate of drug-likeness (QED) is 0.771. The van der Waals surface area contributed by atoms with Gasteiger partial charge in [0, 0.05) is 11.1 Å². The Morgan fingerprint density at radius 2 is 2.08 bits per heavy atom. The summed E-state index contributed by atoms with van der Waals surface area (Å²) >= 11 is 5.61. The minimum Gasteiger partial charge on any atom is -0.387 e. The summed E-state index contributed by atoms with van der Waals surface area (Å²) in [5.41, 5.74) is 5.86. The molecule has 72 valence electrons. The number of hydrogen-bond donors (Lipinski definition) is 2. The highest BCUT2D eigenvalue weighted by atomic mass is 35.5. The van der Waals surface area contributed by atoms with E-state index in [0.717, 1.165) is 0 Å². The molecule has 0 saturated carbocycles. The van der Waals surface area contributed by atoms with Crippen molar-refractivity contribution in [2.24, 2.45) is 5.73 Å². The van der Waals surface area contributed by atoms with Gasteiger partial charge in [-0.25, -0.2) is 4.39 Å². The Hall–Kier alpha value is -0.640. The number of aliphatic hydroxyl groups is 1. The molecule has 1 aromatic rings. The van der Waals surface area contributed by atoms with Crippen molar-refractivity contribution in [1.29, 1.82) is 0 Å². The number of rotatable bonds is 2. The highest BCUT2D eigenvalue weighted by Gasteiger charge is 2.13. The molecule has 0 bridgehead atoms. The van der Waals surface area contributed by atoms with Gasteiger partial charge < -0.3 is 10.8 Å². The topological polar surface area (TPSA) is 46.2 Å². The summed E-state index contributed by atoms with van der Waals surface area (Å²) in [6, 6.07) is 3.45. The lowest BCUT2D eigenvalue weighted by atomic mass is 10.0. The van der Waals surface area contributed by atoms with E-state index in [-0.39, 0.29) is 5.02 Å². The van der Waals surface area contributed by atoms with Crippen molar-refractivity contribution >= 4 is 11.6 Å². The fraction of sp³-hybridized carbons (Fsp3) is 0.333. The van der Waals surface area contributed by atoms with Crippen LogP contribution in [0.3, 0.4) is 0 Å². The lowest BCUT2D eigenvalue weighted by Gasteiger charge is -2.14. The number of halogens is 2. The SMILES string of the molecule is C[C@@H](N)[C@H](O)c1cc(F)cc(Cl)c1. The molecule has 1 rings (SSSR count). The molecule has 0 aliphatic heterocycles. The Labute approximate surface area is 81.1 Å². The summed E-state index contributed by atoms with van der Waals surface area (Å²) < 4.78 is 12.8. The van der Waals surface area contributed by atoms with Crippen LogP contribution in [0.4, 0.5) is 4.39 Å². The molecule has 0 saturated heterocycles. The lowest BCUT2D eigenvalue weighted by molar-refractivity contribution is 0.153. The Kier molecular flexibility index (Phi) is 3.25. The minimum atomic E-state index is -0.881. The largest absolute Gasteiger partial charge is 0.387 e. The summed E-state index contributed by atoms with van der Waals surface area (Å²) in [6.07, 6.45) is -0.881. The third-order valence-electron chi connectivity index (χ3n) is 1.72. The fourth-order valence-corrected chi connectivity index (χ4v) is 1.28. The molecule has 0 fully saturated rings. The first-order valence-corrected chi connectivity index (χ1v) is 4.28. The first-order chi connectivity index (χ1) is 6.00. The third-order valence-corrected chi connectivity index (χ3v) is 1.94. The second kappa shape index (κ2) is 4.05. The second-order valence-electron chi connectivity index (χ2n) is 3.01. The van der Waals surface area contributed by atoms with Crippen LogP contribution in [0, 0.1) is 5.82 Å². The van der Waals surface area contributed by atoms with Crippen LogP contribution in [0.25, 0.3) is 0 Å². The van der Waals surface area contributed by atoms with E-state index in [9.17, 15) is 9.50 Å². The maximum absolute atomic E-state index is 12.8. The monoisotopic (exact) mass is 203 g/mol. The lowest BCUT2D eigenvalue weighted by Crippen LogP contribution is -2.24. The molecule has 0 aliphatic carbocycles. The summed E-state index contributed by atoms with van der Waals surface area (Å²) in [6.45, 7) is 1.64. The minimum absolute atomic E-state index is 0.259. The van der Waals surface area contributed by atoms with Gasteiger partial charge in [-0.05, 0) is 30.7 Å². The molecule has 2 nitrogen and oxygen atoms in total. The zero-order valence-corrected chi connectivity index (χ0v) is 7.92. The van der Waals surface area contributed by atoms with Gasteiger partial charge in [0.15, 0.2) is 0 Å². The highest BCUT2D eigenvalue weighted by molar-refractivity contribution is 6.30. The van der Waals surface area contributed by atoms with Crippen LogP contribution in [0.2, 0.25) is 5.02 Å². The van der Waals surface area contributed by atoms with Crippen LogP contribution in [-0.4, -0.2) is 11.1 Å². The van der Waals surface area contributed by atoms with Crippen molar-refractivity contribution in [3.63, 3.8) is 0 Å². The van der Waals surface area contributed by atoms with E-state index < -0.39 is 18.0 Å². The number of hydrogen-bond acceptors (Lipinski definition) is 2. The van der Waals surface area contributed by atoms with Gasteiger partial charge in [0.05, 0.1) is 6.10 Å². The molecule has 3 N–H and O–H groups in total. The first-order valence-electron chi connectivity index (χ1n) is 3.90. The summed E-state index contributed by atoms with van der Waals surface area (Å²) in [7, 11) is 0. The average Bonchev–Trinajstić information content (AvgIpc) is 2.01. The molecule has 13 heavy (non-hydrogen) atoms. The Morgan fingerprint density at radius 3 is 2.54 bits per heavy atom. The van der Waals surface area contributed by atoms with Crippen LogP contribution in [0.5, 0.6) is 0 Å². The van der Waals surface area contributed by atoms with Crippen LogP contribution in [-0.2, 0) is 0 Å². The predicted octanol–water partition coefficient (Wildman–Crippen LogP) is 1.86. The highest BCUT2D eigenvalue weighted by Crippen LogP contribution is 2.21. The first kappa shape index (κ1) is 10.4. The molecule has 2 atom stereocenters. The van der Waals surface area contributed by atoms with Gasteiger partial charge >= 0.3 is 0 Å². The molecule has 0 heterocycles. The van der Waals surface area contributed by atoms with Crippen molar-refractivity contribution in [2.75, 3.05) is 0 Å². The molecule has 1 aromatic carbocycles. The molecule has 4 heteroatoms. The van der Waals surface area contributed by atoms with Crippen molar-refractivity contribution in [3.05, 3.63) is 34.6 Å². The van der Waals surface area contributed by atoms with Gasteiger partial charge in [0.1, 0.15) is 5.82 Å². The molecule has 0 radical (unpaired) electrons. The van der Waals surface area contributed by atoms with E-state index in [4.69, 9.17) is 17.3 Å². The van der Waals surface area contributed by atoms with Gasteiger partial charge in [-0.15, -0.1) is 0 Å². The predicted molar refractivity (Wildman–Crippen MR) is 50.0 cm³/mol. The van der Waals surface area contributed by atoms with E-state index in [1.807, 2.05) is 0 Å². The Balaban J connectivity index is 3.01. The molecule has 0 unspecified atom stereocenters. The summed E-state index contributed by atoms with van der Waals surface area (Å²) in [5, 5.41) is 9.76. The molecular formula is C9H11ClFNO. The van der Waals surface area contributed by atoms with Crippen molar-refractivity contribution in [2.45, 2.75) is 19.1 Å². The van der Waals surface area contributed by atoms with E-state index in [1.54, 1.807) is 6.92 Å². The second-order valence-corrected chi connectivity index (χ2v) is 3.44. The van der Waals surface area contributed by atoms with Crippen LogP contribution < -0.4 is 5.73 Å². The Bertz CT molecular complexity index is 283. The zero-order valence-electron chi connectivity index (χ0n) is 7.17. The van der Waals surface area contributed by atoms with Gasteiger partial charge in [-0.2, -0.15) is 0 Å². The summed E-state index contributed by atoms with van der Waals surface area (Å²) in [5.74, 6) is -0.470. The number of aliphatic hydroxyl groups excluding tert-OH is 1. The van der Waals surface area contributed by atoms with Gasteiger partial charge in [0.25, 0.3) is 0 Å². The molecule has 0 aliphatic rings. The average molecular weight is 204 g/mol. The number of benzene rings is 1. The van der Waals surface area contributed by atoms with E-state index in [0.29, 0.717) is 5.56 Å². The molecule has 0 spiro atoms. The standard InChI is InChI=1S/C9H11ClFNO/c1-5(12)9(13)6-2-7(10)4-8(11)3-6/h2-5,9,13H,12H2,1H3/t5-,9+/m1/s1. The number of nitrogens with two attached hydrogens (primary N) is 1. The fourth-order valence-electron chi connectivity index (χ4n) is 1.05. The third kappa shape index (κ3) is 2.66. The van der Waals surface area contributed by atoms with Crippen molar-refractivity contribution in [1.82, 2.24) is 0 Å². The maximum atomic E-state index is 12.8. The van der Waals surface area contributed by atoms with Crippen molar-refractivity contribution < 1.29 is 9.50 Å². The van der Waals surface area contributed by atoms with E-state index in [2.05, 4.69) is 0 Å². The van der Waals surface area contributed by atoms with Crippen molar-refractivity contribution in [3.8, 4) is 0 Å². The zero-order chi connectivity index (χ0) is 10.0.